The van der Waals surface area contributed by atoms with Gasteiger partial charge in [0.1, 0.15) is 6.61 Å². The first-order valence-corrected chi connectivity index (χ1v) is 7.64. The fourth-order valence-electron chi connectivity index (χ4n) is 1.93. The molecule has 0 saturated heterocycles. The largest absolute Gasteiger partial charge is 0.493 e. The van der Waals surface area contributed by atoms with Crippen LogP contribution in [0, 0.1) is 10.1 Å². The lowest BCUT2D eigenvalue weighted by atomic mass is 10.2. The van der Waals surface area contributed by atoms with Crippen molar-refractivity contribution in [2.75, 3.05) is 14.2 Å². The molecule has 0 aromatic heterocycles. The van der Waals surface area contributed by atoms with Crippen LogP contribution >= 0.6 is 15.9 Å². The molecule has 0 aliphatic heterocycles. The normalized spacial score (nSPS) is 10.6. The molecule has 0 N–H and O–H groups in total. The first kappa shape index (κ1) is 17.7. The van der Waals surface area contributed by atoms with E-state index in [1.54, 1.807) is 38.5 Å². The Balaban J connectivity index is 2.04. The molecule has 0 saturated carbocycles. The predicted octanol–water partition coefficient (Wildman–Crippen LogP) is 3.93. The Kier molecular flexibility index (Phi) is 6.14. The van der Waals surface area contributed by atoms with E-state index in [1.165, 1.54) is 18.3 Å². The van der Waals surface area contributed by atoms with E-state index in [2.05, 4.69) is 21.1 Å². The van der Waals surface area contributed by atoms with Gasteiger partial charge in [0.25, 0.3) is 5.69 Å². The highest BCUT2D eigenvalue weighted by Crippen LogP contribution is 2.32. The summed E-state index contributed by atoms with van der Waals surface area (Å²) in [6.07, 6.45) is 1.52. The van der Waals surface area contributed by atoms with E-state index in [-0.39, 0.29) is 12.3 Å². The highest BCUT2D eigenvalue weighted by Gasteiger charge is 2.08. The van der Waals surface area contributed by atoms with Crippen LogP contribution in [0.3, 0.4) is 0 Å². The van der Waals surface area contributed by atoms with Crippen LogP contribution in [0.15, 0.2) is 46.0 Å². The highest BCUT2D eigenvalue weighted by molar-refractivity contribution is 9.10. The summed E-state index contributed by atoms with van der Waals surface area (Å²) < 4.78 is 11.2. The van der Waals surface area contributed by atoms with Crippen LogP contribution in [-0.2, 0) is 11.4 Å². The third kappa shape index (κ3) is 4.45. The number of rotatable bonds is 7. The maximum Gasteiger partial charge on any atom is 0.269 e. The summed E-state index contributed by atoms with van der Waals surface area (Å²) in [5.41, 5.74) is 1.42. The standard InChI is InChI=1S/C16H15BrN2O5/c1-22-15-7-12(14(17)8-16(15)23-2)9-18-24-10-11-4-3-5-13(6-11)19(20)21/h3-9H,10H2,1-2H3/b18-9-. The second kappa shape index (κ2) is 8.30. The van der Waals surface area contributed by atoms with Crippen LogP contribution in [0.2, 0.25) is 0 Å². The van der Waals surface area contributed by atoms with Crippen molar-refractivity contribution in [3.63, 3.8) is 0 Å². The average Bonchev–Trinajstić information content (AvgIpc) is 2.59. The molecule has 2 aromatic rings. The first-order valence-electron chi connectivity index (χ1n) is 6.85. The van der Waals surface area contributed by atoms with Crippen LogP contribution in [0.1, 0.15) is 11.1 Å². The molecule has 8 heteroatoms. The summed E-state index contributed by atoms with van der Waals surface area (Å²) in [7, 11) is 3.10. The molecule has 24 heavy (non-hydrogen) atoms. The minimum Gasteiger partial charge on any atom is -0.493 e. The van der Waals surface area contributed by atoms with E-state index in [9.17, 15) is 10.1 Å². The van der Waals surface area contributed by atoms with Gasteiger partial charge in [0, 0.05) is 22.2 Å². The lowest BCUT2D eigenvalue weighted by Crippen LogP contribution is -1.95. The lowest BCUT2D eigenvalue weighted by Gasteiger charge is -2.09. The van der Waals surface area contributed by atoms with Gasteiger partial charge in [0.05, 0.1) is 25.4 Å². The molecule has 0 spiro atoms. The number of oxime groups is 1. The van der Waals surface area contributed by atoms with Crippen LogP contribution in [0.5, 0.6) is 11.5 Å². The molecule has 0 unspecified atom stereocenters. The fraction of sp³-hybridized carbons (Fsp3) is 0.188. The Morgan fingerprint density at radius 3 is 2.58 bits per heavy atom. The Morgan fingerprint density at radius 1 is 1.21 bits per heavy atom. The third-order valence-corrected chi connectivity index (χ3v) is 3.81. The summed E-state index contributed by atoms with van der Waals surface area (Å²) in [4.78, 5) is 15.5. The minimum atomic E-state index is -0.451. The Labute approximate surface area is 147 Å². The molecule has 0 heterocycles. The molecule has 0 bridgehead atoms. The van der Waals surface area contributed by atoms with Crippen molar-refractivity contribution >= 4 is 27.8 Å². The molecule has 0 fully saturated rings. The van der Waals surface area contributed by atoms with Gasteiger partial charge in [-0.1, -0.05) is 17.3 Å². The Bertz CT molecular complexity index is 764. The number of nitrogens with zero attached hydrogens (tertiary/aromatic N) is 2. The molecule has 7 nitrogen and oxygen atoms in total. The zero-order valence-electron chi connectivity index (χ0n) is 13.1. The zero-order chi connectivity index (χ0) is 17.5. The zero-order valence-corrected chi connectivity index (χ0v) is 14.6. The topological polar surface area (TPSA) is 83.2 Å². The second-order valence-corrected chi connectivity index (χ2v) is 5.52. The number of ether oxygens (including phenoxy) is 2. The monoisotopic (exact) mass is 394 g/mol. The number of nitro benzene ring substituents is 1. The van der Waals surface area contributed by atoms with Crippen LogP contribution < -0.4 is 9.47 Å². The number of nitro groups is 1. The van der Waals surface area contributed by atoms with E-state index < -0.39 is 4.92 Å². The lowest BCUT2D eigenvalue weighted by molar-refractivity contribution is -0.384. The van der Waals surface area contributed by atoms with Gasteiger partial charge >= 0.3 is 0 Å². The van der Waals surface area contributed by atoms with E-state index in [1.807, 2.05) is 0 Å². The minimum absolute atomic E-state index is 0.0164. The average molecular weight is 395 g/mol. The number of methoxy groups -OCH3 is 2. The number of non-ortho nitro benzene ring substituents is 1. The molecule has 0 aliphatic carbocycles. The molecule has 0 radical (unpaired) electrons. The van der Waals surface area contributed by atoms with Gasteiger partial charge in [-0.25, -0.2) is 0 Å². The van der Waals surface area contributed by atoms with Crippen LogP contribution in [-0.4, -0.2) is 25.4 Å². The summed E-state index contributed by atoms with van der Waals surface area (Å²) in [6.45, 7) is 0.128. The van der Waals surface area contributed by atoms with Gasteiger partial charge in [-0.3, -0.25) is 10.1 Å². The smallest absolute Gasteiger partial charge is 0.269 e. The van der Waals surface area contributed by atoms with Crippen LogP contribution in [0.4, 0.5) is 5.69 Å². The summed E-state index contributed by atoms with van der Waals surface area (Å²) in [5, 5.41) is 14.6. The van der Waals surface area contributed by atoms with Gasteiger partial charge in [0.2, 0.25) is 0 Å². The van der Waals surface area contributed by atoms with E-state index in [0.717, 1.165) is 10.0 Å². The Morgan fingerprint density at radius 2 is 1.92 bits per heavy atom. The van der Waals surface area contributed by atoms with Crippen molar-refractivity contribution in [2.24, 2.45) is 5.16 Å². The van der Waals surface area contributed by atoms with Crippen molar-refractivity contribution in [3.8, 4) is 11.5 Å². The number of hydrogen-bond donors (Lipinski definition) is 0. The molecular formula is C16H15BrN2O5. The number of hydrogen-bond acceptors (Lipinski definition) is 6. The fourth-order valence-corrected chi connectivity index (χ4v) is 2.36. The second-order valence-electron chi connectivity index (χ2n) is 4.66. The van der Waals surface area contributed by atoms with Crippen molar-refractivity contribution in [1.82, 2.24) is 0 Å². The Hall–Kier alpha value is -2.61. The van der Waals surface area contributed by atoms with E-state index in [4.69, 9.17) is 14.3 Å². The summed E-state index contributed by atoms with van der Waals surface area (Å²) in [5.74, 6) is 1.17. The number of benzene rings is 2. The molecular weight excluding hydrogens is 380 g/mol. The van der Waals surface area contributed by atoms with Gasteiger partial charge in [-0.2, -0.15) is 0 Å². The van der Waals surface area contributed by atoms with Crippen molar-refractivity contribution in [3.05, 3.63) is 62.1 Å². The van der Waals surface area contributed by atoms with Crippen LogP contribution in [0.25, 0.3) is 0 Å². The molecule has 0 atom stereocenters. The van der Waals surface area contributed by atoms with E-state index in [0.29, 0.717) is 17.1 Å². The third-order valence-electron chi connectivity index (χ3n) is 3.12. The maximum atomic E-state index is 10.7. The summed E-state index contributed by atoms with van der Waals surface area (Å²) in [6, 6.07) is 9.72. The van der Waals surface area contributed by atoms with Gasteiger partial charge in [-0.15, -0.1) is 0 Å². The van der Waals surface area contributed by atoms with Gasteiger partial charge < -0.3 is 14.3 Å². The van der Waals surface area contributed by atoms with Crippen molar-refractivity contribution in [2.45, 2.75) is 6.61 Å². The maximum absolute atomic E-state index is 10.7. The molecule has 126 valence electrons. The van der Waals surface area contributed by atoms with E-state index >= 15 is 0 Å². The summed E-state index contributed by atoms with van der Waals surface area (Å²) >= 11 is 3.42. The molecule has 2 rings (SSSR count). The SMILES string of the molecule is COc1cc(Br)c(/C=N\OCc2cccc([N+](=O)[O-])c2)cc1OC. The van der Waals surface area contributed by atoms with Gasteiger partial charge in [-0.05, 0) is 33.6 Å². The number of halogens is 1. The first-order chi connectivity index (χ1) is 11.5. The van der Waals surface area contributed by atoms with Crippen molar-refractivity contribution < 1.29 is 19.2 Å². The quantitative estimate of drug-likeness (QED) is 0.403. The van der Waals surface area contributed by atoms with Crippen molar-refractivity contribution in [1.29, 1.82) is 0 Å². The predicted molar refractivity (Wildman–Crippen MR) is 92.7 cm³/mol. The van der Waals surface area contributed by atoms with Gasteiger partial charge in [0.15, 0.2) is 11.5 Å². The molecule has 0 amide bonds. The molecule has 2 aromatic carbocycles. The molecule has 0 aliphatic rings. The highest BCUT2D eigenvalue weighted by atomic mass is 79.9.